The van der Waals surface area contributed by atoms with E-state index in [9.17, 15) is 25.2 Å². The molecule has 0 fully saturated rings. The van der Waals surface area contributed by atoms with Gasteiger partial charge in [-0.3, -0.25) is 4.79 Å². The molecule has 0 aliphatic heterocycles. The summed E-state index contributed by atoms with van der Waals surface area (Å²) in [5.74, 6) is -0.590. The summed E-state index contributed by atoms with van der Waals surface area (Å²) in [6.07, 6.45) is 37.1. The summed E-state index contributed by atoms with van der Waals surface area (Å²) >= 11 is 0. The lowest BCUT2D eigenvalue weighted by Crippen LogP contribution is -2.53. The molecule has 0 saturated carbocycles. The summed E-state index contributed by atoms with van der Waals surface area (Å²) in [7, 11) is 0. The van der Waals surface area contributed by atoms with Crippen LogP contribution in [0.15, 0.2) is 12.2 Å². The molecule has 4 unspecified atom stereocenters. The van der Waals surface area contributed by atoms with Gasteiger partial charge < -0.3 is 25.7 Å². The van der Waals surface area contributed by atoms with Crippen LogP contribution in [0.25, 0.3) is 0 Å². The fourth-order valence-corrected chi connectivity index (χ4v) is 6.22. The number of carbonyl (C=O) groups is 1. The van der Waals surface area contributed by atoms with Crippen molar-refractivity contribution in [3.63, 3.8) is 0 Å². The molecule has 6 nitrogen and oxygen atoms in total. The summed E-state index contributed by atoms with van der Waals surface area (Å²) in [5, 5.41) is 43.1. The van der Waals surface area contributed by atoms with E-state index in [0.29, 0.717) is 12.8 Å². The second-order valence-electron chi connectivity index (χ2n) is 14.0. The lowest BCUT2D eigenvalue weighted by Gasteiger charge is -2.27. The van der Waals surface area contributed by atoms with E-state index in [1.54, 1.807) is 0 Å². The molecule has 0 aliphatic carbocycles. The van der Waals surface area contributed by atoms with Crippen molar-refractivity contribution >= 4 is 5.91 Å². The van der Waals surface area contributed by atoms with Crippen LogP contribution in [0.1, 0.15) is 206 Å². The number of aliphatic hydroxyl groups excluding tert-OH is 4. The molecule has 46 heavy (non-hydrogen) atoms. The Morgan fingerprint density at radius 3 is 1.26 bits per heavy atom. The smallest absolute Gasteiger partial charge is 0.249 e. The van der Waals surface area contributed by atoms with Crippen LogP contribution in [0, 0.1) is 0 Å². The molecule has 5 N–H and O–H groups in total. The third-order valence-electron chi connectivity index (χ3n) is 9.48. The van der Waals surface area contributed by atoms with Crippen molar-refractivity contribution in [3.8, 4) is 0 Å². The number of hydrogen-bond donors (Lipinski definition) is 5. The van der Waals surface area contributed by atoms with Gasteiger partial charge in [-0.2, -0.15) is 0 Å². The minimum absolute atomic E-state index is 0.367. The van der Waals surface area contributed by atoms with Gasteiger partial charge in [0.15, 0.2) is 0 Å². The summed E-state index contributed by atoms with van der Waals surface area (Å²) in [6.45, 7) is 3.97. The molecule has 0 aromatic carbocycles. The van der Waals surface area contributed by atoms with Gasteiger partial charge in [-0.25, -0.2) is 0 Å². The van der Waals surface area contributed by atoms with Crippen molar-refractivity contribution in [2.24, 2.45) is 0 Å². The van der Waals surface area contributed by atoms with E-state index in [-0.39, 0.29) is 0 Å². The highest BCUT2D eigenvalue weighted by Gasteiger charge is 2.28. The van der Waals surface area contributed by atoms with E-state index in [1.165, 1.54) is 141 Å². The molecular weight excluding hydrogens is 574 g/mol. The summed E-state index contributed by atoms with van der Waals surface area (Å²) in [6, 6.07) is -0.980. The van der Waals surface area contributed by atoms with Gasteiger partial charge in [-0.15, -0.1) is 0 Å². The molecule has 6 heteroatoms. The maximum absolute atomic E-state index is 12.4. The Labute approximate surface area is 285 Å². The first-order valence-corrected chi connectivity index (χ1v) is 20.1. The summed E-state index contributed by atoms with van der Waals surface area (Å²) in [4.78, 5) is 12.4. The van der Waals surface area contributed by atoms with Crippen molar-refractivity contribution in [2.75, 3.05) is 6.61 Å². The van der Waals surface area contributed by atoms with Crippen molar-refractivity contribution in [2.45, 2.75) is 231 Å². The van der Waals surface area contributed by atoms with Crippen LogP contribution in [-0.4, -0.2) is 57.3 Å². The number of hydrogen-bond acceptors (Lipinski definition) is 5. The van der Waals surface area contributed by atoms with Gasteiger partial charge in [-0.1, -0.05) is 180 Å². The number of rotatable bonds is 36. The van der Waals surface area contributed by atoms with Gasteiger partial charge in [0.2, 0.25) is 5.91 Å². The van der Waals surface area contributed by atoms with Crippen LogP contribution < -0.4 is 5.32 Å². The molecule has 0 heterocycles. The molecule has 0 spiro atoms. The van der Waals surface area contributed by atoms with E-state index in [0.717, 1.165) is 38.5 Å². The van der Waals surface area contributed by atoms with Gasteiger partial charge >= 0.3 is 0 Å². The zero-order valence-corrected chi connectivity index (χ0v) is 30.6. The van der Waals surface area contributed by atoms with Gasteiger partial charge in [0.25, 0.3) is 0 Å². The molecule has 0 aromatic heterocycles. The molecule has 0 saturated heterocycles. The Hall–Kier alpha value is -0.950. The van der Waals surface area contributed by atoms with Gasteiger partial charge in [-0.05, 0) is 38.5 Å². The van der Waals surface area contributed by atoms with Crippen LogP contribution in [0.3, 0.4) is 0 Å². The molecular formula is C40H79NO5. The number of aliphatic hydroxyl groups is 4. The Balaban J connectivity index is 3.62. The lowest BCUT2D eigenvalue weighted by molar-refractivity contribution is -0.132. The van der Waals surface area contributed by atoms with E-state index in [2.05, 4.69) is 31.3 Å². The molecule has 0 aromatic rings. The predicted octanol–water partition coefficient (Wildman–Crippen LogP) is 9.85. The fourth-order valence-electron chi connectivity index (χ4n) is 6.22. The quantitative estimate of drug-likeness (QED) is 0.0342. The highest BCUT2D eigenvalue weighted by Crippen LogP contribution is 2.15. The SMILES string of the molecule is CCCCCCCCCCCCCC/C=C\CCCCCCCCCCC(O)C(=O)NC(CO)C(O)C(O)CCCCCCCC. The lowest BCUT2D eigenvalue weighted by atomic mass is 9.99. The number of carbonyl (C=O) groups excluding carboxylic acids is 1. The molecule has 4 atom stereocenters. The Kier molecular flexibility index (Phi) is 34.6. The average Bonchev–Trinajstić information content (AvgIpc) is 3.06. The summed E-state index contributed by atoms with van der Waals surface area (Å²) in [5.41, 5.74) is 0. The van der Waals surface area contributed by atoms with Crippen LogP contribution in [0.4, 0.5) is 0 Å². The predicted molar refractivity (Wildman–Crippen MR) is 196 cm³/mol. The summed E-state index contributed by atoms with van der Waals surface area (Å²) < 4.78 is 0. The fraction of sp³-hybridized carbons (Fsp3) is 0.925. The van der Waals surface area contributed by atoms with Crippen LogP contribution in [-0.2, 0) is 4.79 Å². The maximum Gasteiger partial charge on any atom is 0.249 e. The van der Waals surface area contributed by atoms with Crippen LogP contribution >= 0.6 is 0 Å². The maximum atomic E-state index is 12.4. The first-order chi connectivity index (χ1) is 22.5. The molecule has 0 bridgehead atoms. The third kappa shape index (κ3) is 29.2. The van der Waals surface area contributed by atoms with E-state index >= 15 is 0 Å². The Morgan fingerprint density at radius 1 is 0.522 bits per heavy atom. The Bertz CT molecular complexity index is 658. The molecule has 1 amide bonds. The van der Waals surface area contributed by atoms with Crippen LogP contribution in [0.5, 0.6) is 0 Å². The van der Waals surface area contributed by atoms with Gasteiger partial charge in [0.1, 0.15) is 12.2 Å². The van der Waals surface area contributed by atoms with E-state index in [1.807, 2.05) is 0 Å². The average molecular weight is 654 g/mol. The molecule has 0 aliphatic rings. The first-order valence-electron chi connectivity index (χ1n) is 20.1. The number of nitrogens with one attached hydrogen (secondary N) is 1. The van der Waals surface area contributed by atoms with E-state index < -0.39 is 36.9 Å². The highest BCUT2D eigenvalue weighted by atomic mass is 16.3. The number of amides is 1. The highest BCUT2D eigenvalue weighted by molar-refractivity contribution is 5.80. The standard InChI is InChI=1S/C40H79NO5/c1-3-5-7-9-11-12-13-14-15-16-17-18-19-20-21-22-23-24-25-26-27-28-30-32-34-38(44)40(46)41-36(35-42)39(45)37(43)33-31-29-10-8-6-4-2/h20-21,36-39,42-45H,3-19,22-35H2,1-2H3,(H,41,46)/b21-20-. The second kappa shape index (κ2) is 35.4. The second-order valence-corrected chi connectivity index (χ2v) is 14.0. The zero-order chi connectivity index (χ0) is 33.9. The van der Waals surface area contributed by atoms with Crippen molar-refractivity contribution in [1.29, 1.82) is 0 Å². The number of unbranched alkanes of at least 4 members (excludes halogenated alkanes) is 25. The van der Waals surface area contributed by atoms with Gasteiger partial charge in [0, 0.05) is 0 Å². The van der Waals surface area contributed by atoms with Crippen LogP contribution in [0.2, 0.25) is 0 Å². The topological polar surface area (TPSA) is 110 Å². The Morgan fingerprint density at radius 2 is 0.870 bits per heavy atom. The number of allylic oxidation sites excluding steroid dienone is 2. The normalized spacial score (nSPS) is 14.5. The minimum Gasteiger partial charge on any atom is -0.394 e. The minimum atomic E-state index is -1.25. The van der Waals surface area contributed by atoms with E-state index in [4.69, 9.17) is 0 Å². The van der Waals surface area contributed by atoms with Crippen molar-refractivity contribution in [1.82, 2.24) is 5.32 Å². The van der Waals surface area contributed by atoms with Crippen molar-refractivity contribution in [3.05, 3.63) is 12.2 Å². The largest absolute Gasteiger partial charge is 0.394 e. The van der Waals surface area contributed by atoms with Gasteiger partial charge in [0.05, 0.1) is 18.8 Å². The third-order valence-corrected chi connectivity index (χ3v) is 9.48. The molecule has 0 rings (SSSR count). The van der Waals surface area contributed by atoms with Crippen molar-refractivity contribution < 1.29 is 25.2 Å². The zero-order valence-electron chi connectivity index (χ0n) is 30.6. The monoisotopic (exact) mass is 654 g/mol. The molecule has 0 radical (unpaired) electrons. The molecule has 274 valence electrons. The first kappa shape index (κ1) is 45.0.